The normalized spacial score (nSPS) is 18.7. The number of piperazine rings is 1. The fourth-order valence-corrected chi connectivity index (χ4v) is 4.40. The molecule has 35 heavy (non-hydrogen) atoms. The Morgan fingerprint density at radius 2 is 1.94 bits per heavy atom. The second-order valence-electron chi connectivity index (χ2n) is 9.92. The number of aromatic nitrogens is 4. The molecular weight excluding hydrogens is 468 g/mol. The number of halogens is 1. The van der Waals surface area contributed by atoms with E-state index in [0.717, 1.165) is 17.6 Å². The van der Waals surface area contributed by atoms with E-state index in [9.17, 15) is 4.79 Å². The number of carbonyl (C=O) groups excluding carboxylic acids is 1. The Kier molecular flexibility index (Phi) is 7.07. The Bertz CT molecular complexity index is 1210. The van der Waals surface area contributed by atoms with Crippen LogP contribution in [0.5, 0.6) is 5.75 Å². The molecule has 2 atom stereocenters. The molecule has 0 bridgehead atoms. The summed E-state index contributed by atoms with van der Waals surface area (Å²) in [6, 6.07) is 3.46. The van der Waals surface area contributed by atoms with Crippen molar-refractivity contribution in [2.24, 2.45) is 0 Å². The number of fused-ring (bicyclic) bond motifs is 1. The number of rotatable bonds is 5. The van der Waals surface area contributed by atoms with Crippen LogP contribution in [-0.2, 0) is 4.74 Å². The van der Waals surface area contributed by atoms with Gasteiger partial charge in [-0.25, -0.2) is 19.7 Å². The molecule has 1 amide bonds. The van der Waals surface area contributed by atoms with Crippen LogP contribution in [0, 0.1) is 0 Å². The van der Waals surface area contributed by atoms with E-state index in [1.165, 1.54) is 0 Å². The van der Waals surface area contributed by atoms with Gasteiger partial charge in [-0.05, 0) is 47.1 Å². The lowest BCUT2D eigenvalue weighted by Gasteiger charge is -2.44. The molecule has 0 aromatic carbocycles. The van der Waals surface area contributed by atoms with Crippen LogP contribution in [0.4, 0.5) is 10.6 Å². The lowest BCUT2D eigenvalue weighted by Crippen LogP contribution is -2.59. The lowest BCUT2D eigenvalue weighted by atomic mass is 10.1. The van der Waals surface area contributed by atoms with E-state index in [4.69, 9.17) is 21.1 Å². The highest BCUT2D eigenvalue weighted by molar-refractivity contribution is 6.30. The third-order valence-corrected chi connectivity index (χ3v) is 6.07. The Balaban J connectivity index is 1.73. The Hall–Kier alpha value is -3.07. The Morgan fingerprint density at radius 3 is 2.63 bits per heavy atom. The topological polar surface area (TPSA) is 85.6 Å². The second-order valence-corrected chi connectivity index (χ2v) is 10.4. The number of anilines is 1. The van der Waals surface area contributed by atoms with Gasteiger partial charge in [0.15, 0.2) is 11.4 Å². The van der Waals surface area contributed by atoms with Crippen molar-refractivity contribution in [2.45, 2.75) is 65.6 Å². The van der Waals surface area contributed by atoms with Gasteiger partial charge in [-0.1, -0.05) is 18.5 Å². The van der Waals surface area contributed by atoms with E-state index in [0.29, 0.717) is 41.9 Å². The van der Waals surface area contributed by atoms with E-state index in [1.807, 2.05) is 38.5 Å². The number of nitrogens with zero attached hydrogens (tertiary/aromatic N) is 6. The van der Waals surface area contributed by atoms with Crippen LogP contribution in [0.25, 0.3) is 16.9 Å². The fraction of sp³-hybridized carbons (Fsp3) is 0.520. The lowest BCUT2D eigenvalue weighted by molar-refractivity contribution is 0.0130. The SMILES string of the molecule is CCCOc1cn(-c2cc(Cl)ccn2)c2ncnc(N3C[C@H](C)N(C(=O)OC(C)(C)C)CC3C)c12. The van der Waals surface area contributed by atoms with Gasteiger partial charge in [0, 0.05) is 42.5 Å². The summed E-state index contributed by atoms with van der Waals surface area (Å²) in [6.07, 6.45) is 5.68. The van der Waals surface area contributed by atoms with Crippen molar-refractivity contribution in [3.63, 3.8) is 0 Å². The maximum Gasteiger partial charge on any atom is 0.410 e. The first kappa shape index (κ1) is 25.0. The molecule has 0 saturated carbocycles. The minimum Gasteiger partial charge on any atom is -0.491 e. The fourth-order valence-electron chi connectivity index (χ4n) is 4.25. The summed E-state index contributed by atoms with van der Waals surface area (Å²) >= 11 is 6.24. The van der Waals surface area contributed by atoms with Gasteiger partial charge in [-0.3, -0.25) is 4.57 Å². The first-order chi connectivity index (χ1) is 16.6. The van der Waals surface area contributed by atoms with Crippen LogP contribution < -0.4 is 9.64 Å². The van der Waals surface area contributed by atoms with Gasteiger partial charge in [0.2, 0.25) is 0 Å². The van der Waals surface area contributed by atoms with Gasteiger partial charge in [0.05, 0.1) is 12.8 Å². The minimum atomic E-state index is -0.543. The molecule has 10 heteroatoms. The van der Waals surface area contributed by atoms with E-state index >= 15 is 0 Å². The maximum atomic E-state index is 12.8. The van der Waals surface area contributed by atoms with E-state index < -0.39 is 5.60 Å². The van der Waals surface area contributed by atoms with Crippen LogP contribution in [0.15, 0.2) is 30.9 Å². The maximum absolute atomic E-state index is 12.8. The number of pyridine rings is 1. The average Bonchev–Trinajstić information content (AvgIpc) is 3.16. The predicted octanol–water partition coefficient (Wildman–Crippen LogP) is 5.09. The number of hydrogen-bond acceptors (Lipinski definition) is 7. The summed E-state index contributed by atoms with van der Waals surface area (Å²) in [5.41, 5.74) is 0.143. The van der Waals surface area contributed by atoms with E-state index in [1.54, 1.807) is 29.6 Å². The first-order valence-corrected chi connectivity index (χ1v) is 12.3. The van der Waals surface area contributed by atoms with Crippen LogP contribution in [0.3, 0.4) is 0 Å². The molecule has 1 aliphatic rings. The van der Waals surface area contributed by atoms with Crippen molar-refractivity contribution in [3.8, 4) is 11.6 Å². The van der Waals surface area contributed by atoms with Gasteiger partial charge < -0.3 is 19.3 Å². The number of ether oxygens (including phenoxy) is 2. The Morgan fingerprint density at radius 1 is 1.17 bits per heavy atom. The van der Waals surface area contributed by atoms with Gasteiger partial charge in [-0.15, -0.1) is 0 Å². The predicted molar refractivity (Wildman–Crippen MR) is 137 cm³/mol. The van der Waals surface area contributed by atoms with Crippen molar-refractivity contribution < 1.29 is 14.3 Å². The van der Waals surface area contributed by atoms with Crippen molar-refractivity contribution in [3.05, 3.63) is 35.9 Å². The molecule has 1 aliphatic heterocycles. The molecule has 0 radical (unpaired) electrons. The van der Waals surface area contributed by atoms with E-state index in [2.05, 4.69) is 33.7 Å². The quantitative estimate of drug-likeness (QED) is 0.482. The standard InChI is InChI=1S/C25H33ClN6O3/c1-7-10-34-19-14-32(20-11-18(26)8-9-27-20)23-21(19)22(28-15-29-23)30-12-17(3)31(13-16(30)2)24(33)35-25(4,5)6/h8-9,11,14-17H,7,10,12-13H2,1-6H3/t16?,17-/m0/s1. The van der Waals surface area contributed by atoms with E-state index in [-0.39, 0.29) is 18.2 Å². The summed E-state index contributed by atoms with van der Waals surface area (Å²) in [5.74, 6) is 2.10. The van der Waals surface area contributed by atoms with Crippen LogP contribution >= 0.6 is 11.6 Å². The van der Waals surface area contributed by atoms with Gasteiger partial charge in [0.25, 0.3) is 0 Å². The molecule has 0 spiro atoms. The van der Waals surface area contributed by atoms with Crippen molar-refractivity contribution in [1.82, 2.24) is 24.4 Å². The average molecular weight is 501 g/mol. The summed E-state index contributed by atoms with van der Waals surface area (Å²) in [5, 5.41) is 1.40. The number of amides is 1. The number of carbonyl (C=O) groups is 1. The molecule has 0 N–H and O–H groups in total. The zero-order valence-corrected chi connectivity index (χ0v) is 21.9. The Labute approximate surface area is 211 Å². The molecule has 3 aromatic rings. The zero-order chi connectivity index (χ0) is 25.3. The third-order valence-electron chi connectivity index (χ3n) is 5.83. The molecule has 1 fully saturated rings. The minimum absolute atomic E-state index is 0.00323. The highest BCUT2D eigenvalue weighted by Crippen LogP contribution is 2.37. The second kappa shape index (κ2) is 9.89. The molecule has 9 nitrogen and oxygen atoms in total. The van der Waals surface area contributed by atoms with Crippen LogP contribution in [0.2, 0.25) is 5.02 Å². The molecule has 0 aliphatic carbocycles. The highest BCUT2D eigenvalue weighted by Gasteiger charge is 2.36. The smallest absolute Gasteiger partial charge is 0.410 e. The number of hydrogen-bond donors (Lipinski definition) is 0. The molecule has 1 unspecified atom stereocenters. The monoisotopic (exact) mass is 500 g/mol. The van der Waals surface area contributed by atoms with Crippen molar-refractivity contribution >= 4 is 34.5 Å². The largest absolute Gasteiger partial charge is 0.491 e. The summed E-state index contributed by atoms with van der Waals surface area (Å²) in [7, 11) is 0. The van der Waals surface area contributed by atoms with Crippen LogP contribution in [0.1, 0.15) is 48.0 Å². The molecule has 3 aromatic heterocycles. The van der Waals surface area contributed by atoms with Crippen molar-refractivity contribution in [1.29, 1.82) is 0 Å². The van der Waals surface area contributed by atoms with Gasteiger partial charge >= 0.3 is 6.09 Å². The summed E-state index contributed by atoms with van der Waals surface area (Å²) < 4.78 is 13.6. The molecule has 188 valence electrons. The summed E-state index contributed by atoms with van der Waals surface area (Å²) in [6.45, 7) is 13.5. The summed E-state index contributed by atoms with van der Waals surface area (Å²) in [4.78, 5) is 30.5. The highest BCUT2D eigenvalue weighted by atomic mass is 35.5. The zero-order valence-electron chi connectivity index (χ0n) is 21.2. The van der Waals surface area contributed by atoms with Gasteiger partial charge in [-0.2, -0.15) is 0 Å². The first-order valence-electron chi connectivity index (χ1n) is 12.0. The molecule has 4 rings (SSSR count). The van der Waals surface area contributed by atoms with Crippen molar-refractivity contribution in [2.75, 3.05) is 24.6 Å². The molecular formula is C25H33ClN6O3. The van der Waals surface area contributed by atoms with Crippen LogP contribution in [-0.4, -0.2) is 67.9 Å². The molecule has 4 heterocycles. The van der Waals surface area contributed by atoms with Gasteiger partial charge in [0.1, 0.15) is 29.0 Å². The third kappa shape index (κ3) is 5.29. The molecule has 1 saturated heterocycles.